The van der Waals surface area contributed by atoms with E-state index in [0.29, 0.717) is 5.56 Å². The van der Waals surface area contributed by atoms with Crippen LogP contribution < -0.4 is 0 Å². The molecule has 118 valence electrons. The average molecular weight is 310 g/mol. The molecule has 0 bridgehead atoms. The van der Waals surface area contributed by atoms with Crippen LogP contribution in [0, 0.1) is 10.1 Å². The molecular weight excluding hydrogens is 296 g/mol. The zero-order valence-electron chi connectivity index (χ0n) is 11.4. The van der Waals surface area contributed by atoms with Crippen molar-refractivity contribution in [3.05, 3.63) is 39.9 Å². The molecule has 1 amide bonds. The number of carbonyl (C=O) groups excluding carboxylic acids is 1. The quantitative estimate of drug-likeness (QED) is 0.619. The van der Waals surface area contributed by atoms with Gasteiger partial charge in [0.2, 0.25) is 0 Å². The molecule has 9 nitrogen and oxygen atoms in total. The van der Waals surface area contributed by atoms with Crippen molar-refractivity contribution in [3.8, 4) is 0 Å². The van der Waals surface area contributed by atoms with Gasteiger partial charge < -0.3 is 14.9 Å². The number of hydrogen-bond acceptors (Lipinski definition) is 6. The lowest BCUT2D eigenvalue weighted by Crippen LogP contribution is -2.45. The number of aliphatic hydroxyl groups excluding tert-OH is 1. The molecule has 1 fully saturated rings. The van der Waals surface area contributed by atoms with E-state index in [1.807, 2.05) is 0 Å². The first-order valence-electron chi connectivity index (χ1n) is 6.47. The van der Waals surface area contributed by atoms with Crippen molar-refractivity contribution in [2.45, 2.75) is 25.2 Å². The molecule has 1 saturated heterocycles. The molecule has 0 spiro atoms. The summed E-state index contributed by atoms with van der Waals surface area (Å²) in [6.45, 7) is -0.0486. The molecule has 1 aliphatic heterocycles. The van der Waals surface area contributed by atoms with Crippen LogP contribution in [0.2, 0.25) is 0 Å². The minimum atomic E-state index is -1.32. The van der Waals surface area contributed by atoms with Crippen LogP contribution in [0.1, 0.15) is 12.0 Å². The lowest BCUT2D eigenvalue weighted by molar-refractivity contribution is -0.384. The number of nitro benzene ring substituents is 1. The number of non-ortho nitro benzene ring substituents is 1. The van der Waals surface area contributed by atoms with Crippen LogP contribution in [0.5, 0.6) is 0 Å². The molecule has 9 heteroatoms. The van der Waals surface area contributed by atoms with Gasteiger partial charge in [-0.2, -0.15) is 0 Å². The van der Waals surface area contributed by atoms with Crippen molar-refractivity contribution in [2.24, 2.45) is 0 Å². The van der Waals surface area contributed by atoms with Crippen molar-refractivity contribution in [1.29, 1.82) is 0 Å². The Morgan fingerprint density at radius 3 is 2.55 bits per heavy atom. The second-order valence-corrected chi connectivity index (χ2v) is 4.81. The van der Waals surface area contributed by atoms with Gasteiger partial charge in [-0.3, -0.25) is 15.0 Å². The summed E-state index contributed by atoms with van der Waals surface area (Å²) in [7, 11) is 0. The highest BCUT2D eigenvalue weighted by Gasteiger charge is 2.41. The summed E-state index contributed by atoms with van der Waals surface area (Å²) in [6.07, 6.45) is -1.80. The summed E-state index contributed by atoms with van der Waals surface area (Å²) in [4.78, 5) is 33.8. The van der Waals surface area contributed by atoms with Gasteiger partial charge in [0.05, 0.1) is 11.0 Å². The Bertz CT molecular complexity index is 587. The zero-order chi connectivity index (χ0) is 16.3. The molecule has 1 aromatic rings. The van der Waals surface area contributed by atoms with Crippen LogP contribution in [0.4, 0.5) is 10.5 Å². The first-order chi connectivity index (χ1) is 10.4. The van der Waals surface area contributed by atoms with E-state index in [9.17, 15) is 24.8 Å². The molecule has 1 heterocycles. The molecule has 2 atom stereocenters. The van der Waals surface area contributed by atoms with Gasteiger partial charge in [0.25, 0.3) is 5.69 Å². The maximum atomic E-state index is 11.9. The lowest BCUT2D eigenvalue weighted by atomic mass is 10.2. The molecular formula is C13H14N2O7. The second-order valence-electron chi connectivity index (χ2n) is 4.81. The molecule has 2 N–H and O–H groups in total. The molecule has 22 heavy (non-hydrogen) atoms. The van der Waals surface area contributed by atoms with E-state index < -0.39 is 29.1 Å². The normalized spacial score (nSPS) is 20.7. The van der Waals surface area contributed by atoms with E-state index >= 15 is 0 Å². The summed E-state index contributed by atoms with van der Waals surface area (Å²) in [5, 5.41) is 29.1. The predicted molar refractivity (Wildman–Crippen MR) is 72.0 cm³/mol. The molecule has 1 aromatic carbocycles. The average Bonchev–Trinajstić information content (AvgIpc) is 2.87. The Morgan fingerprint density at radius 1 is 1.36 bits per heavy atom. The summed E-state index contributed by atoms with van der Waals surface area (Å²) in [6, 6.07) is 4.13. The summed E-state index contributed by atoms with van der Waals surface area (Å²) in [5.41, 5.74) is 0.453. The molecule has 1 aliphatic rings. The SMILES string of the molecule is O=C(O)C1C(O)CCN1C(=O)OCc1ccc([N+](=O)[O-])cc1. The standard InChI is InChI=1S/C13H14N2O7/c16-10-5-6-14(11(10)12(17)18)13(19)22-7-8-1-3-9(4-2-8)15(20)21/h1-4,10-11,16H,5-7H2,(H,17,18). The van der Waals surface area contributed by atoms with Crippen LogP contribution >= 0.6 is 0 Å². The number of nitrogens with zero attached hydrogens (tertiary/aromatic N) is 2. The van der Waals surface area contributed by atoms with E-state index in [4.69, 9.17) is 9.84 Å². The van der Waals surface area contributed by atoms with Crippen molar-refractivity contribution in [3.63, 3.8) is 0 Å². The number of hydrogen-bond donors (Lipinski definition) is 2. The summed E-state index contributed by atoms with van der Waals surface area (Å²) in [5.74, 6) is -1.29. The first-order valence-corrected chi connectivity index (χ1v) is 6.47. The largest absolute Gasteiger partial charge is 0.480 e. The van der Waals surface area contributed by atoms with E-state index in [2.05, 4.69) is 0 Å². The molecule has 2 rings (SSSR count). The predicted octanol–water partition coefficient (Wildman–Crippen LogP) is 0.751. The van der Waals surface area contributed by atoms with Crippen LogP contribution in [0.3, 0.4) is 0 Å². The van der Waals surface area contributed by atoms with Gasteiger partial charge in [0.1, 0.15) is 6.61 Å². The van der Waals surface area contributed by atoms with Crippen molar-refractivity contribution in [1.82, 2.24) is 4.90 Å². The molecule has 0 aromatic heterocycles. The van der Waals surface area contributed by atoms with Gasteiger partial charge in [0, 0.05) is 18.7 Å². The van der Waals surface area contributed by atoms with Gasteiger partial charge in [-0.25, -0.2) is 9.59 Å². The number of aliphatic hydroxyl groups is 1. The third-order valence-electron chi connectivity index (χ3n) is 3.36. The number of rotatable bonds is 4. The van der Waals surface area contributed by atoms with E-state index in [1.54, 1.807) is 0 Å². The fourth-order valence-corrected chi connectivity index (χ4v) is 2.22. The molecule has 2 unspecified atom stereocenters. The summed E-state index contributed by atoms with van der Waals surface area (Å²) < 4.78 is 4.98. The maximum Gasteiger partial charge on any atom is 0.410 e. The smallest absolute Gasteiger partial charge is 0.410 e. The Morgan fingerprint density at radius 2 is 2.00 bits per heavy atom. The van der Waals surface area contributed by atoms with Gasteiger partial charge in [-0.05, 0) is 24.1 Å². The number of amides is 1. The Balaban J connectivity index is 1.95. The van der Waals surface area contributed by atoms with Crippen LogP contribution in [-0.4, -0.2) is 50.8 Å². The highest BCUT2D eigenvalue weighted by molar-refractivity contribution is 5.81. The third kappa shape index (κ3) is 3.31. The van der Waals surface area contributed by atoms with Crippen molar-refractivity contribution >= 4 is 17.7 Å². The minimum Gasteiger partial charge on any atom is -0.480 e. The number of likely N-dealkylation sites (tertiary alicyclic amines) is 1. The van der Waals surface area contributed by atoms with Crippen molar-refractivity contribution in [2.75, 3.05) is 6.54 Å². The highest BCUT2D eigenvalue weighted by atomic mass is 16.6. The topological polar surface area (TPSA) is 130 Å². The Kier molecular flexibility index (Phi) is 4.56. The van der Waals surface area contributed by atoms with Crippen LogP contribution in [0.15, 0.2) is 24.3 Å². The number of ether oxygens (including phenoxy) is 1. The van der Waals surface area contributed by atoms with E-state index in [1.165, 1.54) is 24.3 Å². The highest BCUT2D eigenvalue weighted by Crippen LogP contribution is 2.20. The third-order valence-corrected chi connectivity index (χ3v) is 3.36. The maximum absolute atomic E-state index is 11.9. The minimum absolute atomic E-state index is 0.0799. The molecule has 0 aliphatic carbocycles. The second kappa shape index (κ2) is 6.39. The van der Waals surface area contributed by atoms with Gasteiger partial charge >= 0.3 is 12.1 Å². The fraction of sp³-hybridized carbons (Fsp3) is 0.385. The number of benzene rings is 1. The molecule has 0 radical (unpaired) electrons. The van der Waals surface area contributed by atoms with Crippen molar-refractivity contribution < 1.29 is 29.5 Å². The van der Waals surface area contributed by atoms with E-state index in [-0.39, 0.29) is 25.3 Å². The van der Waals surface area contributed by atoms with Gasteiger partial charge in [0.15, 0.2) is 6.04 Å². The Hall–Kier alpha value is -2.68. The fourth-order valence-electron chi connectivity index (χ4n) is 2.22. The number of carboxylic acids is 1. The van der Waals surface area contributed by atoms with Crippen LogP contribution in [0.25, 0.3) is 0 Å². The van der Waals surface area contributed by atoms with E-state index in [0.717, 1.165) is 4.90 Å². The zero-order valence-corrected chi connectivity index (χ0v) is 11.4. The number of carboxylic acid groups (broad SMARTS) is 1. The number of aliphatic carboxylic acids is 1. The monoisotopic (exact) mass is 310 g/mol. The summed E-state index contributed by atoms with van der Waals surface area (Å²) >= 11 is 0. The Labute approximate surface area is 124 Å². The van der Waals surface area contributed by atoms with Gasteiger partial charge in [-0.15, -0.1) is 0 Å². The lowest BCUT2D eigenvalue weighted by Gasteiger charge is -2.22. The van der Waals surface area contributed by atoms with Crippen LogP contribution in [-0.2, 0) is 16.1 Å². The van der Waals surface area contributed by atoms with Gasteiger partial charge in [-0.1, -0.05) is 0 Å². The number of carbonyl (C=O) groups is 2. The molecule has 0 saturated carbocycles. The first kappa shape index (κ1) is 15.7. The number of nitro groups is 1.